The molecule has 128 valence electrons. The fourth-order valence-corrected chi connectivity index (χ4v) is 2.01. The first-order valence-corrected chi connectivity index (χ1v) is 7.71. The molecule has 0 aliphatic carbocycles. The number of nitrogens with zero attached hydrogens (tertiary/aromatic N) is 2. The van der Waals surface area contributed by atoms with Crippen molar-refractivity contribution in [2.75, 3.05) is 47.9 Å². The van der Waals surface area contributed by atoms with Crippen LogP contribution in [0.25, 0.3) is 0 Å². The largest absolute Gasteiger partial charge is 0.383 e. The van der Waals surface area contributed by atoms with Crippen molar-refractivity contribution in [3.63, 3.8) is 0 Å². The molecule has 21 heavy (non-hydrogen) atoms. The minimum atomic E-state index is 0. The van der Waals surface area contributed by atoms with Crippen LogP contribution in [-0.2, 0) is 4.74 Å². The van der Waals surface area contributed by atoms with E-state index in [1.807, 2.05) is 0 Å². The average molecular weight is 414 g/mol. The third kappa shape index (κ3) is 16.1. The van der Waals surface area contributed by atoms with Gasteiger partial charge in [-0.05, 0) is 40.4 Å². The van der Waals surface area contributed by atoms with Crippen LogP contribution in [-0.4, -0.2) is 64.9 Å². The van der Waals surface area contributed by atoms with E-state index < -0.39 is 0 Å². The summed E-state index contributed by atoms with van der Waals surface area (Å²) in [6.07, 6.45) is 6.43. The molecule has 0 aliphatic rings. The van der Waals surface area contributed by atoms with Gasteiger partial charge in [-0.25, -0.2) is 0 Å². The summed E-state index contributed by atoms with van der Waals surface area (Å²) in [7, 11) is 7.78. The molecule has 0 saturated heterocycles. The highest BCUT2D eigenvalue weighted by atomic mass is 127. The first-order valence-electron chi connectivity index (χ1n) is 7.71. The Balaban J connectivity index is 0. The summed E-state index contributed by atoms with van der Waals surface area (Å²) in [5, 5.41) is 6.64. The van der Waals surface area contributed by atoms with Gasteiger partial charge in [-0.2, -0.15) is 0 Å². The monoisotopic (exact) mass is 414 g/mol. The average Bonchev–Trinajstić information content (AvgIpc) is 2.40. The molecule has 0 heterocycles. The van der Waals surface area contributed by atoms with Gasteiger partial charge >= 0.3 is 0 Å². The molecule has 2 N–H and O–H groups in total. The van der Waals surface area contributed by atoms with Crippen molar-refractivity contribution in [2.45, 2.75) is 45.1 Å². The highest BCUT2D eigenvalue weighted by Crippen LogP contribution is 2.02. The van der Waals surface area contributed by atoms with Crippen LogP contribution < -0.4 is 10.6 Å². The summed E-state index contributed by atoms with van der Waals surface area (Å²) in [4.78, 5) is 6.46. The Morgan fingerprint density at radius 3 is 2.33 bits per heavy atom. The van der Waals surface area contributed by atoms with Crippen molar-refractivity contribution in [3.8, 4) is 0 Å². The van der Waals surface area contributed by atoms with E-state index in [4.69, 9.17) is 4.74 Å². The van der Waals surface area contributed by atoms with Gasteiger partial charge in [-0.3, -0.25) is 4.99 Å². The molecule has 0 spiro atoms. The summed E-state index contributed by atoms with van der Waals surface area (Å²) in [6, 6.07) is 0.275. The molecule has 0 aromatic heterocycles. The molecular formula is C15H35IN4O. The van der Waals surface area contributed by atoms with Gasteiger partial charge in [0.1, 0.15) is 0 Å². The molecule has 0 aromatic carbocycles. The molecule has 0 aromatic rings. The molecule has 0 rings (SSSR count). The molecule has 0 aliphatic heterocycles. The first kappa shape index (κ1) is 23.2. The van der Waals surface area contributed by atoms with E-state index in [2.05, 4.69) is 41.5 Å². The van der Waals surface area contributed by atoms with E-state index in [0.29, 0.717) is 6.61 Å². The predicted molar refractivity (Wildman–Crippen MR) is 103 cm³/mol. The van der Waals surface area contributed by atoms with Gasteiger partial charge in [-0.15, -0.1) is 24.0 Å². The number of aliphatic imine (C=N–C) groups is 1. The number of hydrogen-bond donors (Lipinski definition) is 2. The fourth-order valence-electron chi connectivity index (χ4n) is 2.01. The van der Waals surface area contributed by atoms with Crippen LogP contribution in [0.15, 0.2) is 4.99 Å². The minimum absolute atomic E-state index is 0. The van der Waals surface area contributed by atoms with Crippen molar-refractivity contribution in [1.29, 1.82) is 0 Å². The minimum Gasteiger partial charge on any atom is -0.383 e. The van der Waals surface area contributed by atoms with Gasteiger partial charge in [0.15, 0.2) is 5.96 Å². The van der Waals surface area contributed by atoms with E-state index >= 15 is 0 Å². The molecule has 0 amide bonds. The standard InChI is InChI=1S/C15H34N4O.HI/c1-14(13-20-5)18-15(16-2)17-11-9-7-6-8-10-12-19(3)4;/h14H,6-13H2,1-5H3,(H2,16,17,18);1H. The Morgan fingerprint density at radius 2 is 1.76 bits per heavy atom. The maximum Gasteiger partial charge on any atom is 0.191 e. The molecule has 0 saturated carbocycles. The van der Waals surface area contributed by atoms with E-state index in [1.165, 1.54) is 38.6 Å². The van der Waals surface area contributed by atoms with E-state index in [9.17, 15) is 0 Å². The SMILES string of the molecule is CN=C(NCCCCCCCN(C)C)NC(C)COC.I. The zero-order chi connectivity index (χ0) is 15.2. The number of nitrogens with one attached hydrogen (secondary N) is 2. The maximum atomic E-state index is 5.10. The van der Waals surface area contributed by atoms with Gasteiger partial charge in [0, 0.05) is 26.7 Å². The van der Waals surface area contributed by atoms with Gasteiger partial charge in [0.25, 0.3) is 0 Å². The van der Waals surface area contributed by atoms with Crippen molar-refractivity contribution in [2.24, 2.45) is 4.99 Å². The number of methoxy groups -OCH3 is 1. The van der Waals surface area contributed by atoms with E-state index in [0.717, 1.165) is 12.5 Å². The van der Waals surface area contributed by atoms with Crippen molar-refractivity contribution >= 4 is 29.9 Å². The molecule has 0 radical (unpaired) electrons. The lowest BCUT2D eigenvalue weighted by Gasteiger charge is -2.17. The Hall–Kier alpha value is -0.0800. The summed E-state index contributed by atoms with van der Waals surface area (Å²) in [5.41, 5.74) is 0. The van der Waals surface area contributed by atoms with Crippen LogP contribution in [0.2, 0.25) is 0 Å². The molecule has 0 fully saturated rings. The van der Waals surface area contributed by atoms with Crippen molar-refractivity contribution < 1.29 is 4.74 Å². The zero-order valence-corrected chi connectivity index (χ0v) is 16.8. The van der Waals surface area contributed by atoms with Crippen LogP contribution in [0.3, 0.4) is 0 Å². The van der Waals surface area contributed by atoms with Gasteiger partial charge in [-0.1, -0.05) is 19.3 Å². The summed E-state index contributed by atoms with van der Waals surface area (Å²) >= 11 is 0. The summed E-state index contributed by atoms with van der Waals surface area (Å²) in [5.74, 6) is 0.863. The Bertz CT molecular complexity index is 250. The van der Waals surface area contributed by atoms with Crippen molar-refractivity contribution in [3.05, 3.63) is 0 Å². The van der Waals surface area contributed by atoms with Gasteiger partial charge in [0.2, 0.25) is 0 Å². The fraction of sp³-hybridized carbons (Fsp3) is 0.933. The molecule has 1 atom stereocenters. The number of unbranched alkanes of at least 4 members (excludes halogenated alkanes) is 4. The number of rotatable bonds is 11. The number of hydrogen-bond acceptors (Lipinski definition) is 3. The van der Waals surface area contributed by atoms with Crippen LogP contribution in [0, 0.1) is 0 Å². The van der Waals surface area contributed by atoms with Gasteiger partial charge < -0.3 is 20.3 Å². The number of ether oxygens (including phenoxy) is 1. The second kappa shape index (κ2) is 16.3. The zero-order valence-electron chi connectivity index (χ0n) is 14.4. The smallest absolute Gasteiger partial charge is 0.191 e. The molecule has 1 unspecified atom stereocenters. The second-order valence-electron chi connectivity index (χ2n) is 5.57. The molecule has 6 heteroatoms. The Labute approximate surface area is 148 Å². The highest BCUT2D eigenvalue weighted by Gasteiger charge is 2.03. The van der Waals surface area contributed by atoms with Gasteiger partial charge in [0.05, 0.1) is 6.61 Å². The quantitative estimate of drug-likeness (QED) is 0.236. The summed E-state index contributed by atoms with van der Waals surface area (Å²) in [6.45, 7) is 4.95. The van der Waals surface area contributed by atoms with Crippen molar-refractivity contribution in [1.82, 2.24) is 15.5 Å². The Kier molecular flexibility index (Phi) is 18.0. The highest BCUT2D eigenvalue weighted by molar-refractivity contribution is 14.0. The van der Waals surface area contributed by atoms with Crippen LogP contribution in [0.1, 0.15) is 39.0 Å². The Morgan fingerprint density at radius 1 is 1.14 bits per heavy atom. The van der Waals surface area contributed by atoms with Crippen LogP contribution in [0.5, 0.6) is 0 Å². The van der Waals surface area contributed by atoms with Crippen LogP contribution in [0.4, 0.5) is 0 Å². The lowest BCUT2D eigenvalue weighted by atomic mass is 10.1. The maximum absolute atomic E-state index is 5.10. The molecular weight excluding hydrogens is 379 g/mol. The number of halogens is 1. The second-order valence-corrected chi connectivity index (χ2v) is 5.57. The first-order chi connectivity index (χ1) is 9.60. The molecule has 5 nitrogen and oxygen atoms in total. The lowest BCUT2D eigenvalue weighted by Crippen LogP contribution is -2.44. The topological polar surface area (TPSA) is 48.9 Å². The van der Waals surface area contributed by atoms with E-state index in [1.54, 1.807) is 14.2 Å². The third-order valence-electron chi connectivity index (χ3n) is 3.10. The van der Waals surface area contributed by atoms with Crippen LogP contribution >= 0.6 is 24.0 Å². The summed E-state index contributed by atoms with van der Waals surface area (Å²) < 4.78 is 5.10. The third-order valence-corrected chi connectivity index (χ3v) is 3.10. The molecule has 0 bridgehead atoms. The normalized spacial score (nSPS) is 13.0. The number of guanidine groups is 1. The lowest BCUT2D eigenvalue weighted by molar-refractivity contribution is 0.179. The van der Waals surface area contributed by atoms with E-state index in [-0.39, 0.29) is 30.0 Å². The predicted octanol–water partition coefficient (Wildman–Crippen LogP) is 2.32.